The van der Waals surface area contributed by atoms with E-state index >= 15 is 0 Å². The van der Waals surface area contributed by atoms with Crippen LogP contribution < -0.4 is 4.74 Å². The summed E-state index contributed by atoms with van der Waals surface area (Å²) in [6.45, 7) is 0.310. The van der Waals surface area contributed by atoms with E-state index in [4.69, 9.17) is 20.8 Å². The van der Waals surface area contributed by atoms with E-state index in [0.29, 0.717) is 23.0 Å². The number of ether oxygens (including phenoxy) is 1. The van der Waals surface area contributed by atoms with E-state index < -0.39 is 0 Å². The van der Waals surface area contributed by atoms with Gasteiger partial charge in [0, 0.05) is 10.9 Å². The van der Waals surface area contributed by atoms with Crippen molar-refractivity contribution in [2.24, 2.45) is 0 Å². The first-order valence-electron chi connectivity index (χ1n) is 5.81. The fourth-order valence-corrected chi connectivity index (χ4v) is 2.14. The predicted octanol–water partition coefficient (Wildman–Crippen LogP) is 4.37. The average molecular weight is 275 g/mol. The molecule has 0 bridgehead atoms. The van der Waals surface area contributed by atoms with Crippen molar-refractivity contribution in [1.82, 2.24) is 0 Å². The van der Waals surface area contributed by atoms with Gasteiger partial charge in [0.15, 0.2) is 17.1 Å². The second kappa shape index (κ2) is 4.86. The molecule has 0 radical (unpaired) electrons. The SMILES string of the molecule is Oc1ccccc1OCc1coc2c(Cl)cccc12. The van der Waals surface area contributed by atoms with Gasteiger partial charge in [-0.25, -0.2) is 0 Å². The Bertz CT molecular complexity index is 718. The first kappa shape index (κ1) is 11.9. The summed E-state index contributed by atoms with van der Waals surface area (Å²) in [6, 6.07) is 12.4. The minimum atomic E-state index is 0.119. The van der Waals surface area contributed by atoms with E-state index in [2.05, 4.69) is 0 Å². The third kappa shape index (κ3) is 2.25. The molecule has 1 aromatic heterocycles. The van der Waals surface area contributed by atoms with Crippen LogP contribution in [-0.2, 0) is 6.61 Å². The van der Waals surface area contributed by atoms with Crippen LogP contribution in [0.3, 0.4) is 0 Å². The molecule has 0 saturated heterocycles. The normalized spacial score (nSPS) is 10.8. The summed E-state index contributed by atoms with van der Waals surface area (Å²) in [5.74, 6) is 0.562. The second-order valence-corrected chi connectivity index (χ2v) is 4.54. The Hall–Kier alpha value is -2.13. The van der Waals surface area contributed by atoms with Crippen LogP contribution in [-0.4, -0.2) is 5.11 Å². The minimum absolute atomic E-state index is 0.119. The Labute approximate surface area is 115 Å². The van der Waals surface area contributed by atoms with Gasteiger partial charge < -0.3 is 14.3 Å². The van der Waals surface area contributed by atoms with Crippen molar-refractivity contribution in [2.75, 3.05) is 0 Å². The molecule has 0 atom stereocenters. The van der Waals surface area contributed by atoms with Gasteiger partial charge in [-0.3, -0.25) is 0 Å². The highest BCUT2D eigenvalue weighted by Gasteiger charge is 2.10. The molecule has 3 aromatic rings. The van der Waals surface area contributed by atoms with Gasteiger partial charge in [-0.2, -0.15) is 0 Å². The average Bonchev–Trinajstić information content (AvgIpc) is 2.83. The van der Waals surface area contributed by atoms with Gasteiger partial charge in [-0.15, -0.1) is 0 Å². The second-order valence-electron chi connectivity index (χ2n) is 4.13. The number of furan rings is 1. The van der Waals surface area contributed by atoms with Crippen molar-refractivity contribution in [1.29, 1.82) is 0 Å². The minimum Gasteiger partial charge on any atom is -0.504 e. The zero-order valence-corrected chi connectivity index (χ0v) is 10.7. The molecule has 0 aliphatic rings. The van der Waals surface area contributed by atoms with E-state index in [0.717, 1.165) is 10.9 Å². The lowest BCUT2D eigenvalue weighted by Gasteiger charge is -2.06. The van der Waals surface area contributed by atoms with Crippen LogP contribution >= 0.6 is 11.6 Å². The van der Waals surface area contributed by atoms with Gasteiger partial charge in [-0.05, 0) is 18.2 Å². The van der Waals surface area contributed by atoms with Crippen molar-refractivity contribution >= 4 is 22.6 Å². The van der Waals surface area contributed by atoms with Crippen molar-refractivity contribution in [3.63, 3.8) is 0 Å². The summed E-state index contributed by atoms with van der Waals surface area (Å²) in [4.78, 5) is 0. The van der Waals surface area contributed by atoms with Crippen molar-refractivity contribution in [3.05, 3.63) is 59.3 Å². The summed E-state index contributed by atoms with van der Waals surface area (Å²) in [6.07, 6.45) is 1.62. The molecule has 3 nitrogen and oxygen atoms in total. The standard InChI is InChI=1S/C15H11ClO3/c16-12-5-3-4-11-10(9-19-15(11)12)8-18-14-7-2-1-6-13(14)17/h1-7,9,17H,8H2. The summed E-state index contributed by atoms with van der Waals surface area (Å²) in [5.41, 5.74) is 1.54. The first-order chi connectivity index (χ1) is 9.25. The fourth-order valence-electron chi connectivity index (χ4n) is 1.92. The van der Waals surface area contributed by atoms with E-state index in [1.807, 2.05) is 12.1 Å². The van der Waals surface area contributed by atoms with Gasteiger partial charge in [0.05, 0.1) is 11.3 Å². The van der Waals surface area contributed by atoms with E-state index in [1.54, 1.807) is 36.6 Å². The van der Waals surface area contributed by atoms with E-state index in [1.165, 1.54) is 0 Å². The van der Waals surface area contributed by atoms with Gasteiger partial charge in [-0.1, -0.05) is 35.9 Å². The van der Waals surface area contributed by atoms with Crippen LogP contribution in [0.4, 0.5) is 0 Å². The third-order valence-corrected chi connectivity index (χ3v) is 3.18. The molecule has 1 N–H and O–H groups in total. The van der Waals surface area contributed by atoms with Crippen LogP contribution in [0, 0.1) is 0 Å². The summed E-state index contributed by atoms with van der Waals surface area (Å²) >= 11 is 6.04. The zero-order valence-electron chi connectivity index (χ0n) is 9.97. The number of aromatic hydroxyl groups is 1. The third-order valence-electron chi connectivity index (χ3n) is 2.88. The molecule has 0 unspecified atom stereocenters. The number of phenolic OH excluding ortho intramolecular Hbond substituents is 1. The molecule has 1 heterocycles. The van der Waals surface area contributed by atoms with Gasteiger partial charge >= 0.3 is 0 Å². The molecule has 0 spiro atoms. The lowest BCUT2D eigenvalue weighted by atomic mass is 10.2. The number of rotatable bonds is 3. The maximum atomic E-state index is 9.63. The Balaban J connectivity index is 1.87. The van der Waals surface area contributed by atoms with Crippen LogP contribution in [0.2, 0.25) is 5.02 Å². The lowest BCUT2D eigenvalue weighted by Crippen LogP contribution is -1.94. The number of para-hydroxylation sites is 3. The fraction of sp³-hybridized carbons (Fsp3) is 0.0667. The van der Waals surface area contributed by atoms with Crippen LogP contribution in [0.1, 0.15) is 5.56 Å². The molecule has 3 rings (SSSR count). The molecule has 0 aliphatic heterocycles. The highest BCUT2D eigenvalue weighted by atomic mass is 35.5. The molecule has 19 heavy (non-hydrogen) atoms. The molecule has 0 fully saturated rings. The molecule has 96 valence electrons. The smallest absolute Gasteiger partial charge is 0.161 e. The largest absolute Gasteiger partial charge is 0.504 e. The molecule has 0 amide bonds. The quantitative estimate of drug-likeness (QED) is 0.771. The summed E-state index contributed by atoms with van der Waals surface area (Å²) in [5, 5.41) is 11.1. The summed E-state index contributed by atoms with van der Waals surface area (Å²) < 4.78 is 11.0. The number of benzene rings is 2. The monoisotopic (exact) mass is 274 g/mol. The number of hydrogen-bond acceptors (Lipinski definition) is 3. The molecule has 2 aromatic carbocycles. The number of hydrogen-bond donors (Lipinski definition) is 1. The Morgan fingerprint density at radius 3 is 2.79 bits per heavy atom. The van der Waals surface area contributed by atoms with E-state index in [9.17, 15) is 5.11 Å². The summed E-state index contributed by atoms with van der Waals surface area (Å²) in [7, 11) is 0. The Morgan fingerprint density at radius 1 is 1.11 bits per heavy atom. The van der Waals surface area contributed by atoms with Crippen molar-refractivity contribution < 1.29 is 14.3 Å². The number of phenols is 1. The highest BCUT2D eigenvalue weighted by molar-refractivity contribution is 6.34. The lowest BCUT2D eigenvalue weighted by molar-refractivity contribution is 0.289. The molecular weight excluding hydrogens is 264 g/mol. The zero-order chi connectivity index (χ0) is 13.2. The van der Waals surface area contributed by atoms with Gasteiger partial charge in [0.25, 0.3) is 0 Å². The maximum absolute atomic E-state index is 9.63. The van der Waals surface area contributed by atoms with Crippen LogP contribution in [0.25, 0.3) is 11.0 Å². The first-order valence-corrected chi connectivity index (χ1v) is 6.19. The topological polar surface area (TPSA) is 42.6 Å². The maximum Gasteiger partial charge on any atom is 0.161 e. The Morgan fingerprint density at radius 2 is 1.95 bits per heavy atom. The highest BCUT2D eigenvalue weighted by Crippen LogP contribution is 2.30. The predicted molar refractivity (Wildman–Crippen MR) is 73.7 cm³/mol. The van der Waals surface area contributed by atoms with Crippen LogP contribution in [0.5, 0.6) is 11.5 Å². The van der Waals surface area contributed by atoms with Gasteiger partial charge in [0.2, 0.25) is 0 Å². The Kier molecular flexibility index (Phi) is 3.05. The molecule has 0 aliphatic carbocycles. The van der Waals surface area contributed by atoms with Crippen LogP contribution in [0.15, 0.2) is 53.1 Å². The number of fused-ring (bicyclic) bond motifs is 1. The van der Waals surface area contributed by atoms with E-state index in [-0.39, 0.29) is 5.75 Å². The van der Waals surface area contributed by atoms with Gasteiger partial charge in [0.1, 0.15) is 6.61 Å². The molecular formula is C15H11ClO3. The van der Waals surface area contributed by atoms with Crippen molar-refractivity contribution in [3.8, 4) is 11.5 Å². The molecule has 4 heteroatoms. The number of halogens is 1. The molecule has 0 saturated carbocycles. The van der Waals surface area contributed by atoms with Crippen molar-refractivity contribution in [2.45, 2.75) is 6.61 Å².